The van der Waals surface area contributed by atoms with E-state index in [-0.39, 0.29) is 60.0 Å². The van der Waals surface area contributed by atoms with Crippen molar-refractivity contribution in [1.29, 1.82) is 0 Å². The second-order valence-electron chi connectivity index (χ2n) is 16.4. The van der Waals surface area contributed by atoms with Crippen LogP contribution in [0.2, 0.25) is 0 Å². The van der Waals surface area contributed by atoms with Gasteiger partial charge in [-0.3, -0.25) is 9.59 Å². The van der Waals surface area contributed by atoms with Crippen LogP contribution in [0.25, 0.3) is 33.6 Å². The number of carbonyl (C=O) groups excluding carboxylic acids is 4. The van der Waals surface area contributed by atoms with Crippen LogP contribution in [-0.4, -0.2) is 81.1 Å². The molecule has 4 aromatic rings. The summed E-state index contributed by atoms with van der Waals surface area (Å²) in [5.74, 6) is 1.16. The lowest BCUT2D eigenvalue weighted by Gasteiger charge is -2.31. The van der Waals surface area contributed by atoms with E-state index in [0.717, 1.165) is 77.4 Å². The Morgan fingerprint density at radius 2 is 1.33 bits per heavy atom. The second-order valence-corrected chi connectivity index (χ2v) is 16.4. The third-order valence-electron chi connectivity index (χ3n) is 12.2. The van der Waals surface area contributed by atoms with E-state index in [0.29, 0.717) is 12.5 Å². The molecule has 3 amide bonds. The Kier molecular flexibility index (Phi) is 11.8. The number of benzene rings is 2. The van der Waals surface area contributed by atoms with Crippen molar-refractivity contribution in [3.05, 3.63) is 72.6 Å². The average molecular weight is 778 g/mol. The zero-order chi connectivity index (χ0) is 40.4. The number of aromatic nitrogens is 4. The largest absolute Gasteiger partial charge is 0.464 e. The summed E-state index contributed by atoms with van der Waals surface area (Å²) < 4.78 is 10.0. The zero-order valence-electron chi connectivity index (χ0n) is 33.7. The summed E-state index contributed by atoms with van der Waals surface area (Å²) in [5.41, 5.74) is 5.89. The normalized spacial score (nSPS) is 22.5. The first-order valence-corrected chi connectivity index (χ1v) is 20.4. The molecule has 3 heterocycles. The van der Waals surface area contributed by atoms with Crippen LogP contribution in [0.3, 0.4) is 0 Å². The van der Waals surface area contributed by atoms with Crippen molar-refractivity contribution in [3.63, 3.8) is 0 Å². The molecule has 7 atom stereocenters. The zero-order valence-corrected chi connectivity index (χ0v) is 33.7. The number of hydrogen-bond acceptors (Lipinski definition) is 8. The van der Waals surface area contributed by atoms with Crippen molar-refractivity contribution in [2.45, 2.75) is 90.8 Å². The number of likely N-dealkylation sites (tertiary alicyclic amines) is 1. The van der Waals surface area contributed by atoms with E-state index in [9.17, 15) is 19.2 Å². The van der Waals surface area contributed by atoms with Gasteiger partial charge in [-0.2, -0.15) is 0 Å². The van der Waals surface area contributed by atoms with E-state index in [2.05, 4.69) is 74.1 Å². The van der Waals surface area contributed by atoms with Crippen LogP contribution in [0.1, 0.15) is 90.3 Å². The van der Waals surface area contributed by atoms with Gasteiger partial charge < -0.3 is 35.0 Å². The Bertz CT molecular complexity index is 2050. The van der Waals surface area contributed by atoms with E-state index in [1.54, 1.807) is 6.92 Å². The van der Waals surface area contributed by atoms with E-state index >= 15 is 0 Å². The van der Waals surface area contributed by atoms with Gasteiger partial charge in [0.2, 0.25) is 11.8 Å². The van der Waals surface area contributed by atoms with Gasteiger partial charge in [-0.15, -0.1) is 0 Å². The lowest BCUT2D eigenvalue weighted by molar-refractivity contribution is -0.149. The Hall–Kier alpha value is -5.46. The van der Waals surface area contributed by atoms with Crippen LogP contribution >= 0.6 is 0 Å². The summed E-state index contributed by atoms with van der Waals surface area (Å²) in [7, 11) is 1.29. The number of amides is 3. The van der Waals surface area contributed by atoms with E-state index < -0.39 is 18.2 Å². The molecule has 7 rings (SSSR count). The number of nitrogens with zero attached hydrogens (tertiary/aromatic N) is 3. The summed E-state index contributed by atoms with van der Waals surface area (Å²) in [6.07, 6.45) is 7.77. The SMILES string of the molecule is CCOC(=O)[C@@H](NC(=O)[C@@H]1[C@@H]2CC[C@@H](C2)[C@H]1c1ncc(-c2ccc(-c3ccc(-c4cnc([C@@H]5CCCN5C(=O)C(NC(=O)OC)C(C)C)[nH]4)cc3)cc2)[nH]1)C(C)C. The number of methoxy groups -OCH3 is 1. The first-order chi connectivity index (χ1) is 27.5. The number of fused-ring (bicyclic) bond motifs is 2. The number of esters is 1. The molecule has 13 heteroatoms. The first kappa shape index (κ1) is 39.8. The molecule has 1 saturated heterocycles. The van der Waals surface area contributed by atoms with Crippen molar-refractivity contribution in [2.75, 3.05) is 20.3 Å². The maximum atomic E-state index is 13.8. The highest BCUT2D eigenvalue weighted by atomic mass is 16.5. The topological polar surface area (TPSA) is 171 Å². The molecule has 1 unspecified atom stereocenters. The average Bonchev–Trinajstić information content (AvgIpc) is 4.07. The maximum absolute atomic E-state index is 13.8. The molecule has 0 radical (unpaired) electrons. The smallest absolute Gasteiger partial charge is 0.407 e. The minimum atomic E-state index is -0.685. The molecule has 4 N–H and O–H groups in total. The van der Waals surface area contributed by atoms with Gasteiger partial charge in [0.15, 0.2) is 0 Å². The van der Waals surface area contributed by atoms with Crippen LogP contribution in [0, 0.1) is 29.6 Å². The number of alkyl carbamates (subject to hydrolysis) is 1. The molecule has 3 aliphatic rings. The van der Waals surface area contributed by atoms with E-state index in [4.69, 9.17) is 14.5 Å². The number of ether oxygens (including phenoxy) is 2. The van der Waals surface area contributed by atoms with Gasteiger partial charge in [0.1, 0.15) is 23.7 Å². The Morgan fingerprint density at radius 1 is 0.772 bits per heavy atom. The molecule has 2 aromatic heterocycles. The fourth-order valence-electron chi connectivity index (χ4n) is 9.22. The molecule has 13 nitrogen and oxygen atoms in total. The van der Waals surface area contributed by atoms with Gasteiger partial charge in [-0.1, -0.05) is 76.2 Å². The quantitative estimate of drug-likeness (QED) is 0.105. The molecule has 2 aliphatic carbocycles. The van der Waals surface area contributed by atoms with Gasteiger partial charge >= 0.3 is 12.1 Å². The van der Waals surface area contributed by atoms with Crippen molar-refractivity contribution >= 4 is 23.9 Å². The Balaban J connectivity index is 1.01. The van der Waals surface area contributed by atoms with Crippen molar-refractivity contribution in [3.8, 4) is 33.6 Å². The predicted molar refractivity (Wildman–Crippen MR) is 215 cm³/mol. The highest BCUT2D eigenvalue weighted by Gasteiger charge is 2.53. The summed E-state index contributed by atoms with van der Waals surface area (Å²) in [6.45, 7) is 10.3. The molecule has 1 aliphatic heterocycles. The molecular weight excluding hydrogens is 723 g/mol. The summed E-state index contributed by atoms with van der Waals surface area (Å²) >= 11 is 0. The van der Waals surface area contributed by atoms with Crippen LogP contribution in [0.15, 0.2) is 60.9 Å². The fraction of sp³-hybridized carbons (Fsp3) is 0.500. The molecule has 2 aromatic carbocycles. The number of rotatable bonds is 13. The molecule has 302 valence electrons. The molecule has 57 heavy (non-hydrogen) atoms. The third kappa shape index (κ3) is 8.20. The summed E-state index contributed by atoms with van der Waals surface area (Å²) in [6, 6.07) is 15.1. The van der Waals surface area contributed by atoms with E-state index in [1.807, 2.05) is 45.0 Å². The van der Waals surface area contributed by atoms with Crippen molar-refractivity contribution in [1.82, 2.24) is 35.5 Å². The van der Waals surface area contributed by atoms with Crippen LogP contribution in [0.4, 0.5) is 4.79 Å². The number of hydrogen-bond donors (Lipinski definition) is 4. The molecular formula is C44H55N7O6. The van der Waals surface area contributed by atoms with Gasteiger partial charge in [0.25, 0.3) is 0 Å². The molecule has 2 bridgehead atoms. The first-order valence-electron chi connectivity index (χ1n) is 20.4. The number of imidazole rings is 2. The minimum Gasteiger partial charge on any atom is -0.464 e. The summed E-state index contributed by atoms with van der Waals surface area (Å²) in [4.78, 5) is 70.2. The van der Waals surface area contributed by atoms with Crippen LogP contribution < -0.4 is 10.6 Å². The van der Waals surface area contributed by atoms with Crippen molar-refractivity contribution in [2.24, 2.45) is 29.6 Å². The van der Waals surface area contributed by atoms with E-state index in [1.165, 1.54) is 7.11 Å². The van der Waals surface area contributed by atoms with Crippen LogP contribution in [-0.2, 0) is 23.9 Å². The van der Waals surface area contributed by atoms with Gasteiger partial charge in [-0.05, 0) is 85.0 Å². The highest BCUT2D eigenvalue weighted by molar-refractivity contribution is 5.87. The van der Waals surface area contributed by atoms with Gasteiger partial charge in [-0.25, -0.2) is 19.6 Å². The lowest BCUT2D eigenvalue weighted by atomic mass is 9.78. The predicted octanol–water partition coefficient (Wildman–Crippen LogP) is 7.01. The summed E-state index contributed by atoms with van der Waals surface area (Å²) in [5, 5.41) is 5.74. The van der Waals surface area contributed by atoms with Gasteiger partial charge in [0, 0.05) is 12.5 Å². The molecule has 0 spiro atoms. The Labute approximate surface area is 334 Å². The number of H-pyrrole nitrogens is 2. The van der Waals surface area contributed by atoms with Crippen molar-refractivity contribution < 1.29 is 28.7 Å². The van der Waals surface area contributed by atoms with Crippen LogP contribution in [0.5, 0.6) is 0 Å². The molecule has 2 saturated carbocycles. The highest BCUT2D eigenvalue weighted by Crippen LogP contribution is 2.56. The number of nitrogens with one attached hydrogen (secondary N) is 4. The monoisotopic (exact) mass is 777 g/mol. The number of aromatic amines is 2. The number of carbonyl (C=O) groups is 4. The maximum Gasteiger partial charge on any atom is 0.407 e. The second kappa shape index (κ2) is 17.0. The standard InChI is InChI=1S/C44H55N7O6/c1-7-57-43(54)38(25(4)5)49-41(52)36-31-19-18-30(21-31)35(36)40-46-23-33(48-40)29-16-12-27(13-17-29)26-10-14-28(15-11-26)32-22-45-39(47-32)34-9-8-20-51(34)42(53)37(24(2)3)50-44(55)56-6/h10-17,22-25,30-31,34-38H,7-9,18-21H2,1-6H3,(H,45,47)(H,46,48)(H,49,52)(H,50,55)/t30-,31+,34-,35+,36+,37?,38-/m0/s1. The third-order valence-corrected chi connectivity index (χ3v) is 12.2. The fourth-order valence-corrected chi connectivity index (χ4v) is 9.22. The Morgan fingerprint density at radius 3 is 1.91 bits per heavy atom. The lowest BCUT2D eigenvalue weighted by Crippen LogP contribution is -2.51. The molecule has 3 fully saturated rings. The van der Waals surface area contributed by atoms with Gasteiger partial charge in [0.05, 0.1) is 49.5 Å². The minimum absolute atomic E-state index is 0.0246.